The molecule has 27 heavy (non-hydrogen) atoms. The molecule has 0 bridgehead atoms. The second-order valence-electron chi connectivity index (χ2n) is 6.10. The average Bonchev–Trinajstić information content (AvgIpc) is 2.72. The first-order valence-corrected chi connectivity index (χ1v) is 10.3. The minimum absolute atomic E-state index is 0.0275. The molecule has 1 N–H and O–H groups in total. The second kappa shape index (κ2) is 8.64. The van der Waals surface area contributed by atoms with Crippen molar-refractivity contribution in [1.82, 2.24) is 4.98 Å². The van der Waals surface area contributed by atoms with Crippen LogP contribution in [0.4, 0.5) is 5.82 Å². The summed E-state index contributed by atoms with van der Waals surface area (Å²) in [5.41, 5.74) is 3.54. The molecule has 1 atom stereocenters. The van der Waals surface area contributed by atoms with Crippen LogP contribution in [0.1, 0.15) is 15.9 Å². The molecule has 1 aromatic heterocycles. The predicted octanol–water partition coefficient (Wildman–Crippen LogP) is 4.84. The Morgan fingerprint density at radius 1 is 1.11 bits per heavy atom. The van der Waals surface area contributed by atoms with Crippen molar-refractivity contribution >= 4 is 28.1 Å². The summed E-state index contributed by atoms with van der Waals surface area (Å²) in [4.78, 5) is 17.5. The minimum Gasteiger partial charge on any atom is -0.465 e. The van der Waals surface area contributed by atoms with E-state index in [4.69, 9.17) is 4.74 Å². The normalized spacial score (nSPS) is 11.6. The number of hydrogen-bond donors (Lipinski definition) is 1. The standard InChI is InChI=1S/C22H22N2O2S/c1-26-22(25)20-7-5-4-6-19(20)17-10-8-16(9-11-17)14-23-21-13-12-18(15-24-21)27(2)3/h4-13,15H,2,14H2,1,3H3,(H,23,24). The van der Waals surface area contributed by atoms with Crippen LogP contribution < -0.4 is 5.32 Å². The van der Waals surface area contributed by atoms with Crippen molar-refractivity contribution in [2.75, 3.05) is 18.7 Å². The summed E-state index contributed by atoms with van der Waals surface area (Å²) in [6.45, 7) is 0.674. The van der Waals surface area contributed by atoms with Crippen LogP contribution in [-0.2, 0) is 11.3 Å². The van der Waals surface area contributed by atoms with Crippen LogP contribution >= 0.6 is 10.5 Å². The molecular formula is C22H22N2O2S. The summed E-state index contributed by atoms with van der Waals surface area (Å²) in [6.07, 6.45) is 3.94. The highest BCUT2D eigenvalue weighted by Gasteiger charge is 2.12. The molecule has 0 saturated carbocycles. The van der Waals surface area contributed by atoms with Gasteiger partial charge in [0, 0.05) is 17.6 Å². The van der Waals surface area contributed by atoms with E-state index in [0.717, 1.165) is 27.4 Å². The third-order valence-electron chi connectivity index (χ3n) is 4.21. The van der Waals surface area contributed by atoms with Gasteiger partial charge in [0.1, 0.15) is 5.82 Å². The van der Waals surface area contributed by atoms with Gasteiger partial charge < -0.3 is 10.1 Å². The topological polar surface area (TPSA) is 51.2 Å². The van der Waals surface area contributed by atoms with Gasteiger partial charge in [-0.3, -0.25) is 0 Å². The molecule has 0 aliphatic heterocycles. The van der Waals surface area contributed by atoms with Crippen molar-refractivity contribution < 1.29 is 9.53 Å². The van der Waals surface area contributed by atoms with Gasteiger partial charge in [0.05, 0.1) is 12.7 Å². The van der Waals surface area contributed by atoms with Crippen molar-refractivity contribution in [1.29, 1.82) is 0 Å². The molecular weight excluding hydrogens is 356 g/mol. The molecule has 5 heteroatoms. The van der Waals surface area contributed by atoms with Gasteiger partial charge in [-0.25, -0.2) is 9.78 Å². The average molecular weight is 378 g/mol. The zero-order valence-corrected chi connectivity index (χ0v) is 16.3. The van der Waals surface area contributed by atoms with Gasteiger partial charge in [0.25, 0.3) is 0 Å². The van der Waals surface area contributed by atoms with Crippen molar-refractivity contribution in [3.05, 3.63) is 78.0 Å². The van der Waals surface area contributed by atoms with Gasteiger partial charge in [0.15, 0.2) is 0 Å². The molecule has 0 radical (unpaired) electrons. The Balaban J connectivity index is 1.71. The Bertz CT molecular complexity index is 951. The van der Waals surface area contributed by atoms with E-state index in [-0.39, 0.29) is 16.5 Å². The first-order chi connectivity index (χ1) is 13.1. The number of aromatic nitrogens is 1. The Labute approximate surface area is 162 Å². The molecule has 1 unspecified atom stereocenters. The Hall–Kier alpha value is -2.92. The molecule has 3 aromatic rings. The highest BCUT2D eigenvalue weighted by atomic mass is 32.2. The summed E-state index contributed by atoms with van der Waals surface area (Å²) in [5, 5.41) is 3.32. The summed E-state index contributed by atoms with van der Waals surface area (Å²) in [6, 6.07) is 19.6. The number of hydrogen-bond acceptors (Lipinski definition) is 4. The largest absolute Gasteiger partial charge is 0.465 e. The molecule has 3 rings (SSSR count). The Morgan fingerprint density at radius 3 is 2.48 bits per heavy atom. The SMILES string of the molecule is C=S(C)c1ccc(NCc2ccc(-c3ccccc3C(=O)OC)cc2)nc1. The van der Waals surface area contributed by atoms with E-state index in [2.05, 4.69) is 28.5 Å². The number of methoxy groups -OCH3 is 1. The smallest absolute Gasteiger partial charge is 0.338 e. The quantitative estimate of drug-likeness (QED) is 0.493. The molecule has 0 aliphatic carbocycles. The van der Waals surface area contributed by atoms with Crippen molar-refractivity contribution in [2.24, 2.45) is 0 Å². The van der Waals surface area contributed by atoms with Crippen LogP contribution in [0.2, 0.25) is 0 Å². The van der Waals surface area contributed by atoms with Gasteiger partial charge in [-0.15, -0.1) is 0 Å². The highest BCUT2D eigenvalue weighted by molar-refractivity contribution is 8.13. The van der Waals surface area contributed by atoms with E-state index in [9.17, 15) is 4.79 Å². The third kappa shape index (κ3) is 4.63. The third-order valence-corrected chi connectivity index (χ3v) is 5.26. The number of rotatable bonds is 6. The number of nitrogens with one attached hydrogen (secondary N) is 1. The number of pyridine rings is 1. The van der Waals surface area contributed by atoms with Crippen molar-refractivity contribution in [2.45, 2.75) is 11.4 Å². The second-order valence-corrected chi connectivity index (χ2v) is 7.85. The lowest BCUT2D eigenvalue weighted by molar-refractivity contribution is 0.0601. The molecule has 2 aromatic carbocycles. The van der Waals surface area contributed by atoms with Crippen LogP contribution in [0.15, 0.2) is 71.8 Å². The summed E-state index contributed by atoms with van der Waals surface area (Å²) < 4.78 is 4.87. The first-order valence-electron chi connectivity index (χ1n) is 8.50. The molecule has 0 fully saturated rings. The van der Waals surface area contributed by atoms with E-state index in [0.29, 0.717) is 12.1 Å². The van der Waals surface area contributed by atoms with Crippen LogP contribution in [0.25, 0.3) is 11.1 Å². The number of carbonyl (C=O) groups is 1. The van der Waals surface area contributed by atoms with Crippen LogP contribution in [0.5, 0.6) is 0 Å². The van der Waals surface area contributed by atoms with Crippen LogP contribution in [0.3, 0.4) is 0 Å². The zero-order chi connectivity index (χ0) is 19.2. The van der Waals surface area contributed by atoms with E-state index < -0.39 is 0 Å². The van der Waals surface area contributed by atoms with Gasteiger partial charge in [-0.1, -0.05) is 48.3 Å². The monoisotopic (exact) mass is 378 g/mol. The molecule has 138 valence electrons. The van der Waals surface area contributed by atoms with Gasteiger partial charge >= 0.3 is 5.97 Å². The fraction of sp³-hybridized carbons (Fsp3) is 0.136. The molecule has 4 nitrogen and oxygen atoms in total. The van der Waals surface area contributed by atoms with Crippen LogP contribution in [0, 0.1) is 0 Å². The fourth-order valence-corrected chi connectivity index (χ4v) is 3.24. The summed E-state index contributed by atoms with van der Waals surface area (Å²) in [5.74, 6) is 4.53. The molecule has 0 aliphatic rings. The van der Waals surface area contributed by atoms with Crippen molar-refractivity contribution in [3.63, 3.8) is 0 Å². The minimum atomic E-state index is -0.330. The lowest BCUT2D eigenvalue weighted by atomic mass is 9.99. The van der Waals surface area contributed by atoms with Gasteiger partial charge in [-0.05, 0) is 41.1 Å². The lowest BCUT2D eigenvalue weighted by Crippen LogP contribution is -2.03. The molecule has 0 spiro atoms. The number of benzene rings is 2. The van der Waals surface area contributed by atoms with Crippen molar-refractivity contribution in [3.8, 4) is 11.1 Å². The van der Waals surface area contributed by atoms with E-state index in [1.165, 1.54) is 7.11 Å². The molecule has 0 saturated heterocycles. The Kier molecular flexibility index (Phi) is 6.04. The van der Waals surface area contributed by atoms with E-state index in [1.807, 2.05) is 54.7 Å². The maximum Gasteiger partial charge on any atom is 0.338 e. The lowest BCUT2D eigenvalue weighted by Gasteiger charge is -2.10. The zero-order valence-electron chi connectivity index (χ0n) is 15.4. The summed E-state index contributed by atoms with van der Waals surface area (Å²) in [7, 11) is 1.37. The van der Waals surface area contributed by atoms with Crippen LogP contribution in [-0.4, -0.2) is 30.2 Å². The number of anilines is 1. The number of ether oxygens (including phenoxy) is 1. The molecule has 0 amide bonds. The first kappa shape index (κ1) is 18.9. The fourth-order valence-electron chi connectivity index (χ4n) is 2.71. The van der Waals surface area contributed by atoms with E-state index in [1.54, 1.807) is 6.07 Å². The van der Waals surface area contributed by atoms with Gasteiger partial charge in [0.2, 0.25) is 0 Å². The number of carbonyl (C=O) groups excluding carboxylic acids is 1. The Morgan fingerprint density at radius 2 is 1.85 bits per heavy atom. The van der Waals surface area contributed by atoms with Gasteiger partial charge in [-0.2, -0.15) is 10.5 Å². The number of nitrogens with zero attached hydrogens (tertiary/aromatic N) is 1. The predicted molar refractivity (Wildman–Crippen MR) is 114 cm³/mol. The maximum atomic E-state index is 12.0. The maximum absolute atomic E-state index is 12.0. The molecule has 1 heterocycles. The van der Waals surface area contributed by atoms with E-state index >= 15 is 0 Å². The number of esters is 1. The highest BCUT2D eigenvalue weighted by Crippen LogP contribution is 2.25. The summed E-state index contributed by atoms with van der Waals surface area (Å²) >= 11 is 0.